The molecule has 0 bridgehead atoms. The summed E-state index contributed by atoms with van der Waals surface area (Å²) in [6.07, 6.45) is 0. The van der Waals surface area contributed by atoms with Crippen molar-refractivity contribution in [1.82, 2.24) is 9.55 Å². The molecule has 3 N–H and O–H groups in total. The van der Waals surface area contributed by atoms with E-state index >= 15 is 0 Å². The number of aryl methyl sites for hydroxylation is 2. The number of thioether (sulfide) groups is 1. The minimum absolute atomic E-state index is 0.0139. The maximum absolute atomic E-state index is 12.3. The van der Waals surface area contributed by atoms with Crippen molar-refractivity contribution in [2.45, 2.75) is 30.4 Å². The lowest BCUT2D eigenvalue weighted by atomic mass is 10.2. The third kappa shape index (κ3) is 4.57. The van der Waals surface area contributed by atoms with Crippen LogP contribution in [-0.4, -0.2) is 29.6 Å². The van der Waals surface area contributed by atoms with Gasteiger partial charge in [0.1, 0.15) is 0 Å². The number of nitrogens with two attached hydrogens (primary N) is 1. The van der Waals surface area contributed by atoms with Crippen molar-refractivity contribution in [3.63, 3.8) is 0 Å². The Morgan fingerprint density at radius 3 is 2.68 bits per heavy atom. The second kappa shape index (κ2) is 8.24. The number of carbonyl (C=O) groups excluding carboxylic acids is 1. The van der Waals surface area contributed by atoms with Crippen molar-refractivity contribution in [2.24, 2.45) is 5.14 Å². The van der Waals surface area contributed by atoms with E-state index in [2.05, 4.69) is 26.2 Å². The predicted molar refractivity (Wildman–Crippen MR) is 115 cm³/mol. The van der Waals surface area contributed by atoms with Crippen LogP contribution in [0.2, 0.25) is 0 Å². The van der Waals surface area contributed by atoms with E-state index in [1.807, 2.05) is 36.6 Å². The second-order valence-electron chi connectivity index (χ2n) is 6.13. The molecule has 0 fully saturated rings. The van der Waals surface area contributed by atoms with Gasteiger partial charge in [-0.3, -0.25) is 4.79 Å². The monoisotopic (exact) mass is 482 g/mol. The maximum atomic E-state index is 12.3. The van der Waals surface area contributed by atoms with Gasteiger partial charge in [-0.05, 0) is 49.7 Å². The predicted octanol–water partition coefficient (Wildman–Crippen LogP) is 3.51. The van der Waals surface area contributed by atoms with E-state index in [4.69, 9.17) is 5.14 Å². The number of sulfonamides is 1. The van der Waals surface area contributed by atoms with Gasteiger partial charge in [-0.25, -0.2) is 18.5 Å². The van der Waals surface area contributed by atoms with E-state index in [0.29, 0.717) is 22.9 Å². The molecule has 0 saturated heterocycles. The number of nitrogens with zero attached hydrogens (tertiary/aromatic N) is 2. The van der Waals surface area contributed by atoms with Crippen LogP contribution in [-0.2, 0) is 21.4 Å². The van der Waals surface area contributed by atoms with Crippen LogP contribution in [0.5, 0.6) is 0 Å². The summed E-state index contributed by atoms with van der Waals surface area (Å²) in [6, 6.07) is 10.2. The lowest BCUT2D eigenvalue weighted by Gasteiger charge is -2.08. The lowest BCUT2D eigenvalue weighted by molar-refractivity contribution is -0.113. The smallest absolute Gasteiger partial charge is 0.238 e. The summed E-state index contributed by atoms with van der Waals surface area (Å²) in [5.41, 5.74) is 3.12. The molecule has 2 aromatic carbocycles. The second-order valence-corrected chi connectivity index (χ2v) is 9.49. The Bertz CT molecular complexity index is 1160. The van der Waals surface area contributed by atoms with Crippen LogP contribution in [0.3, 0.4) is 0 Å². The standard InChI is InChI=1S/C18H19BrN4O3S2/c1-3-23-16-7-6-13(28(20,25)26)9-15(16)22-18(23)27-10-17(24)21-12-5-4-11(2)14(19)8-12/h4-9H,3,10H2,1-2H3,(H,21,24)(H2,20,25,26). The first kappa shape index (κ1) is 20.8. The van der Waals surface area contributed by atoms with Crippen LogP contribution in [0, 0.1) is 6.92 Å². The average Bonchev–Trinajstić information content (AvgIpc) is 2.99. The number of hydrogen-bond donors (Lipinski definition) is 2. The van der Waals surface area contributed by atoms with E-state index in [0.717, 1.165) is 15.6 Å². The van der Waals surface area contributed by atoms with Gasteiger partial charge >= 0.3 is 0 Å². The summed E-state index contributed by atoms with van der Waals surface area (Å²) >= 11 is 4.74. The average molecular weight is 483 g/mol. The van der Waals surface area contributed by atoms with Crippen LogP contribution < -0.4 is 10.5 Å². The number of carbonyl (C=O) groups is 1. The summed E-state index contributed by atoms with van der Waals surface area (Å²) in [5, 5.41) is 8.69. The van der Waals surface area contributed by atoms with Crippen LogP contribution in [0.25, 0.3) is 11.0 Å². The van der Waals surface area contributed by atoms with Crippen molar-refractivity contribution in [3.8, 4) is 0 Å². The summed E-state index contributed by atoms with van der Waals surface area (Å²) in [6.45, 7) is 4.57. The van der Waals surface area contributed by atoms with Crippen molar-refractivity contribution in [3.05, 3.63) is 46.4 Å². The number of aromatic nitrogens is 2. The first-order valence-corrected chi connectivity index (χ1v) is 11.7. The third-order valence-corrected chi connectivity index (χ3v) is 6.86. The zero-order valence-electron chi connectivity index (χ0n) is 15.3. The molecule has 0 atom stereocenters. The first-order chi connectivity index (χ1) is 13.2. The molecule has 28 heavy (non-hydrogen) atoms. The molecular weight excluding hydrogens is 464 g/mol. The number of amides is 1. The number of rotatable bonds is 6. The number of primary sulfonamides is 1. The Kier molecular flexibility index (Phi) is 6.13. The number of nitrogens with one attached hydrogen (secondary N) is 1. The number of anilines is 1. The quantitative estimate of drug-likeness (QED) is 0.522. The van der Waals surface area contributed by atoms with Crippen LogP contribution >= 0.6 is 27.7 Å². The van der Waals surface area contributed by atoms with E-state index in [-0.39, 0.29) is 16.6 Å². The van der Waals surface area contributed by atoms with E-state index in [1.54, 1.807) is 6.07 Å². The Morgan fingerprint density at radius 1 is 1.29 bits per heavy atom. The SMILES string of the molecule is CCn1c(SCC(=O)Nc2ccc(C)c(Br)c2)nc2cc(S(N)(=O)=O)ccc21. The minimum Gasteiger partial charge on any atom is -0.325 e. The molecule has 10 heteroatoms. The number of hydrogen-bond acceptors (Lipinski definition) is 5. The normalized spacial score (nSPS) is 11.7. The fourth-order valence-corrected chi connectivity index (χ4v) is 4.47. The molecule has 0 aliphatic heterocycles. The van der Waals surface area contributed by atoms with E-state index in [9.17, 15) is 13.2 Å². The fraction of sp³-hybridized carbons (Fsp3) is 0.222. The number of imidazole rings is 1. The Labute approximate surface area is 175 Å². The Balaban J connectivity index is 1.77. The first-order valence-electron chi connectivity index (χ1n) is 8.41. The molecule has 0 unspecified atom stereocenters. The molecule has 0 aliphatic carbocycles. The number of benzene rings is 2. The van der Waals surface area contributed by atoms with Crippen molar-refractivity contribution >= 4 is 60.3 Å². The molecule has 0 saturated carbocycles. The molecule has 1 heterocycles. The van der Waals surface area contributed by atoms with E-state index < -0.39 is 10.0 Å². The summed E-state index contributed by atoms with van der Waals surface area (Å²) in [4.78, 5) is 16.8. The van der Waals surface area contributed by atoms with Gasteiger partial charge in [0, 0.05) is 16.7 Å². The van der Waals surface area contributed by atoms with Gasteiger partial charge in [0.2, 0.25) is 15.9 Å². The highest BCUT2D eigenvalue weighted by molar-refractivity contribution is 9.10. The van der Waals surface area contributed by atoms with Crippen LogP contribution in [0.15, 0.2) is 50.9 Å². The summed E-state index contributed by atoms with van der Waals surface area (Å²) in [5.74, 6) is 0.0253. The van der Waals surface area contributed by atoms with Gasteiger partial charge in [-0.2, -0.15) is 0 Å². The molecule has 148 valence electrons. The fourth-order valence-electron chi connectivity index (χ4n) is 2.68. The maximum Gasteiger partial charge on any atom is 0.238 e. The number of fused-ring (bicyclic) bond motifs is 1. The van der Waals surface area contributed by atoms with Crippen molar-refractivity contribution < 1.29 is 13.2 Å². The number of halogens is 1. The van der Waals surface area contributed by atoms with Gasteiger partial charge in [-0.15, -0.1) is 0 Å². The summed E-state index contributed by atoms with van der Waals surface area (Å²) < 4.78 is 26.0. The largest absolute Gasteiger partial charge is 0.325 e. The van der Waals surface area contributed by atoms with Crippen LogP contribution in [0.1, 0.15) is 12.5 Å². The third-order valence-electron chi connectivity index (χ3n) is 4.12. The molecule has 7 nitrogen and oxygen atoms in total. The molecule has 1 amide bonds. The molecule has 0 aliphatic rings. The molecular formula is C18H19BrN4O3S2. The highest BCUT2D eigenvalue weighted by Crippen LogP contribution is 2.26. The highest BCUT2D eigenvalue weighted by atomic mass is 79.9. The molecule has 1 aromatic heterocycles. The highest BCUT2D eigenvalue weighted by Gasteiger charge is 2.15. The molecule has 3 rings (SSSR count). The molecule has 0 radical (unpaired) electrons. The topological polar surface area (TPSA) is 107 Å². The van der Waals surface area contributed by atoms with Crippen molar-refractivity contribution in [2.75, 3.05) is 11.1 Å². The van der Waals surface area contributed by atoms with Crippen molar-refractivity contribution in [1.29, 1.82) is 0 Å². The summed E-state index contributed by atoms with van der Waals surface area (Å²) in [7, 11) is -3.80. The Hall–Kier alpha value is -1.88. The van der Waals surface area contributed by atoms with Gasteiger partial charge in [0.25, 0.3) is 0 Å². The minimum atomic E-state index is -3.80. The van der Waals surface area contributed by atoms with E-state index in [1.165, 1.54) is 23.9 Å². The van der Waals surface area contributed by atoms with Gasteiger partial charge < -0.3 is 9.88 Å². The molecule has 0 spiro atoms. The zero-order valence-corrected chi connectivity index (χ0v) is 18.5. The van der Waals surface area contributed by atoms with Gasteiger partial charge in [0.05, 0.1) is 21.7 Å². The van der Waals surface area contributed by atoms with Crippen LogP contribution in [0.4, 0.5) is 5.69 Å². The van der Waals surface area contributed by atoms with Gasteiger partial charge in [-0.1, -0.05) is 33.8 Å². The lowest BCUT2D eigenvalue weighted by Crippen LogP contribution is -2.14. The zero-order chi connectivity index (χ0) is 20.5. The van der Waals surface area contributed by atoms with Gasteiger partial charge in [0.15, 0.2) is 5.16 Å². The molecule has 3 aromatic rings. The Morgan fingerprint density at radius 2 is 2.04 bits per heavy atom.